The second-order valence-corrected chi connectivity index (χ2v) is 4.52. The quantitative estimate of drug-likeness (QED) is 0.807. The lowest BCUT2D eigenvalue weighted by Crippen LogP contribution is -2.56. The third-order valence-corrected chi connectivity index (χ3v) is 3.43. The minimum absolute atomic E-state index is 0.313. The fourth-order valence-electron chi connectivity index (χ4n) is 2.30. The molecule has 0 saturated carbocycles. The summed E-state index contributed by atoms with van der Waals surface area (Å²) in [6.07, 6.45) is 2.44. The Labute approximate surface area is 90.5 Å². The van der Waals surface area contributed by atoms with Gasteiger partial charge in [-0.05, 0) is 18.1 Å². The maximum Gasteiger partial charge on any atom is 0.0444 e. The van der Waals surface area contributed by atoms with Gasteiger partial charge in [0.25, 0.3) is 0 Å². The normalized spacial score (nSPS) is 19.0. The van der Waals surface area contributed by atoms with Gasteiger partial charge in [-0.3, -0.25) is 0 Å². The maximum atomic E-state index is 6.23. The van der Waals surface area contributed by atoms with Crippen molar-refractivity contribution in [2.45, 2.75) is 25.2 Å². The number of benzene rings is 1. The van der Waals surface area contributed by atoms with Gasteiger partial charge in [0.2, 0.25) is 0 Å². The van der Waals surface area contributed by atoms with Gasteiger partial charge in [-0.25, -0.2) is 0 Å². The van der Waals surface area contributed by atoms with Gasteiger partial charge in [-0.2, -0.15) is 0 Å². The van der Waals surface area contributed by atoms with Crippen LogP contribution in [-0.2, 0) is 5.41 Å². The molecular weight excluding hydrogens is 194 g/mol. The summed E-state index contributed by atoms with van der Waals surface area (Å²) in [5, 5.41) is 4.27. The van der Waals surface area contributed by atoms with Crippen LogP contribution in [0.4, 0.5) is 0 Å². The van der Waals surface area contributed by atoms with Gasteiger partial charge in [0.05, 0.1) is 0 Å². The first-order valence-electron chi connectivity index (χ1n) is 5.24. The van der Waals surface area contributed by atoms with Crippen molar-refractivity contribution in [3.8, 4) is 0 Å². The van der Waals surface area contributed by atoms with Gasteiger partial charge in [-0.1, -0.05) is 43.1 Å². The Morgan fingerprint density at radius 2 is 2.07 bits per heavy atom. The predicted octanol–water partition coefficient (Wildman–Crippen LogP) is 2.98. The molecule has 2 rings (SSSR count). The fraction of sp³-hybridized carbons (Fsp3) is 0.500. The highest BCUT2D eigenvalue weighted by Crippen LogP contribution is 2.37. The van der Waals surface area contributed by atoms with E-state index in [-0.39, 0.29) is 0 Å². The third kappa shape index (κ3) is 1.55. The Hall–Kier alpha value is -0.530. The van der Waals surface area contributed by atoms with E-state index >= 15 is 0 Å². The number of rotatable bonds is 3. The van der Waals surface area contributed by atoms with Crippen LogP contribution in [0.3, 0.4) is 0 Å². The Kier molecular flexibility index (Phi) is 2.80. The van der Waals surface area contributed by atoms with Gasteiger partial charge in [0, 0.05) is 23.5 Å². The van der Waals surface area contributed by atoms with E-state index < -0.39 is 0 Å². The van der Waals surface area contributed by atoms with E-state index in [1.54, 1.807) is 0 Å². The van der Waals surface area contributed by atoms with E-state index in [0.29, 0.717) is 5.41 Å². The number of hydrogen-bond donors (Lipinski definition) is 1. The van der Waals surface area contributed by atoms with Crippen molar-refractivity contribution in [1.82, 2.24) is 5.32 Å². The monoisotopic (exact) mass is 209 g/mol. The summed E-state index contributed by atoms with van der Waals surface area (Å²) < 4.78 is 0. The Balaban J connectivity index is 2.32. The van der Waals surface area contributed by atoms with Crippen LogP contribution < -0.4 is 5.32 Å². The Morgan fingerprint density at radius 1 is 1.36 bits per heavy atom. The molecule has 1 heterocycles. The molecular formula is C12H16ClN. The molecule has 1 aliphatic rings. The van der Waals surface area contributed by atoms with E-state index in [0.717, 1.165) is 18.1 Å². The lowest BCUT2D eigenvalue weighted by molar-refractivity contribution is 0.256. The molecule has 1 saturated heterocycles. The van der Waals surface area contributed by atoms with Gasteiger partial charge < -0.3 is 5.32 Å². The topological polar surface area (TPSA) is 12.0 Å². The number of nitrogens with one attached hydrogen (secondary N) is 1. The zero-order chi connectivity index (χ0) is 10.0. The number of hydrogen-bond acceptors (Lipinski definition) is 1. The van der Waals surface area contributed by atoms with Crippen molar-refractivity contribution < 1.29 is 0 Å². The molecule has 1 fully saturated rings. The van der Waals surface area contributed by atoms with Gasteiger partial charge in [0.15, 0.2) is 0 Å². The lowest BCUT2D eigenvalue weighted by Gasteiger charge is -2.43. The highest BCUT2D eigenvalue weighted by Gasteiger charge is 2.38. The maximum absolute atomic E-state index is 6.23. The van der Waals surface area contributed by atoms with Crippen LogP contribution in [0.25, 0.3) is 0 Å². The molecule has 0 unspecified atom stereocenters. The molecule has 1 N–H and O–H groups in total. The van der Waals surface area contributed by atoms with E-state index in [2.05, 4.69) is 24.4 Å². The van der Waals surface area contributed by atoms with Crippen molar-refractivity contribution in [2.24, 2.45) is 0 Å². The average molecular weight is 210 g/mol. The molecule has 0 bridgehead atoms. The summed E-state index contributed by atoms with van der Waals surface area (Å²) >= 11 is 6.23. The molecule has 0 radical (unpaired) electrons. The summed E-state index contributed by atoms with van der Waals surface area (Å²) in [6, 6.07) is 8.24. The van der Waals surface area contributed by atoms with Crippen LogP contribution in [0.5, 0.6) is 0 Å². The first-order chi connectivity index (χ1) is 6.78. The largest absolute Gasteiger partial charge is 0.315 e. The van der Waals surface area contributed by atoms with Crippen molar-refractivity contribution in [1.29, 1.82) is 0 Å². The van der Waals surface area contributed by atoms with Crippen LogP contribution in [0.2, 0.25) is 5.02 Å². The molecule has 0 atom stereocenters. The molecule has 1 aromatic rings. The van der Waals surface area contributed by atoms with Crippen molar-refractivity contribution in [3.05, 3.63) is 34.9 Å². The highest BCUT2D eigenvalue weighted by molar-refractivity contribution is 6.31. The van der Waals surface area contributed by atoms with Crippen LogP contribution >= 0.6 is 11.6 Å². The summed E-state index contributed by atoms with van der Waals surface area (Å²) in [6.45, 7) is 4.38. The summed E-state index contributed by atoms with van der Waals surface area (Å²) in [7, 11) is 0. The first-order valence-corrected chi connectivity index (χ1v) is 5.62. The van der Waals surface area contributed by atoms with Gasteiger partial charge in [-0.15, -0.1) is 0 Å². The molecule has 0 aromatic heterocycles. The van der Waals surface area contributed by atoms with Gasteiger partial charge >= 0.3 is 0 Å². The Morgan fingerprint density at radius 3 is 2.57 bits per heavy atom. The van der Waals surface area contributed by atoms with E-state index in [1.165, 1.54) is 18.4 Å². The summed E-state index contributed by atoms with van der Waals surface area (Å²) in [5.74, 6) is 0. The average Bonchev–Trinajstić information content (AvgIpc) is 2.13. The minimum Gasteiger partial charge on any atom is -0.315 e. The summed E-state index contributed by atoms with van der Waals surface area (Å²) in [4.78, 5) is 0. The SMILES string of the molecule is CCCC1(c2ccccc2Cl)CNC1. The zero-order valence-electron chi connectivity index (χ0n) is 8.52. The smallest absolute Gasteiger partial charge is 0.0444 e. The van der Waals surface area contributed by atoms with Crippen LogP contribution in [-0.4, -0.2) is 13.1 Å². The predicted molar refractivity (Wildman–Crippen MR) is 60.9 cm³/mol. The lowest BCUT2D eigenvalue weighted by atomic mass is 9.72. The molecule has 1 aliphatic heterocycles. The van der Waals surface area contributed by atoms with Crippen molar-refractivity contribution in [2.75, 3.05) is 13.1 Å². The standard InChI is InChI=1S/C12H16ClN/c1-2-7-12(8-14-9-12)10-5-3-4-6-11(10)13/h3-6,14H,2,7-9H2,1H3. The minimum atomic E-state index is 0.313. The van der Waals surface area contributed by atoms with Crippen molar-refractivity contribution >= 4 is 11.6 Å². The summed E-state index contributed by atoms with van der Waals surface area (Å²) in [5.41, 5.74) is 1.63. The molecule has 2 heteroatoms. The Bertz CT molecular complexity index is 318. The molecule has 1 nitrogen and oxygen atoms in total. The van der Waals surface area contributed by atoms with E-state index in [4.69, 9.17) is 11.6 Å². The molecule has 0 amide bonds. The molecule has 76 valence electrons. The van der Waals surface area contributed by atoms with E-state index in [1.807, 2.05) is 12.1 Å². The number of halogens is 1. The molecule has 14 heavy (non-hydrogen) atoms. The molecule has 0 aliphatic carbocycles. The highest BCUT2D eigenvalue weighted by atomic mass is 35.5. The van der Waals surface area contributed by atoms with Gasteiger partial charge in [0.1, 0.15) is 0 Å². The molecule has 0 spiro atoms. The third-order valence-electron chi connectivity index (χ3n) is 3.10. The second-order valence-electron chi connectivity index (χ2n) is 4.11. The zero-order valence-corrected chi connectivity index (χ0v) is 9.27. The van der Waals surface area contributed by atoms with Crippen LogP contribution in [0.1, 0.15) is 25.3 Å². The van der Waals surface area contributed by atoms with Crippen molar-refractivity contribution in [3.63, 3.8) is 0 Å². The second kappa shape index (κ2) is 3.92. The first kappa shape index (κ1) is 10.0. The van der Waals surface area contributed by atoms with Crippen LogP contribution in [0.15, 0.2) is 24.3 Å². The fourth-order valence-corrected chi connectivity index (χ4v) is 2.63. The molecule has 1 aromatic carbocycles. The van der Waals surface area contributed by atoms with Crippen LogP contribution in [0, 0.1) is 0 Å². The van der Waals surface area contributed by atoms with E-state index in [9.17, 15) is 0 Å².